The first kappa shape index (κ1) is 15.0. The van der Waals surface area contributed by atoms with Crippen LogP contribution in [-0.2, 0) is 16.0 Å². The summed E-state index contributed by atoms with van der Waals surface area (Å²) in [5.41, 5.74) is 6.61. The third-order valence-electron chi connectivity index (χ3n) is 2.14. The van der Waals surface area contributed by atoms with Gasteiger partial charge in [-0.05, 0) is 60.4 Å². The van der Waals surface area contributed by atoms with Gasteiger partial charge in [-0.1, -0.05) is 6.07 Å². The lowest BCUT2D eigenvalue weighted by molar-refractivity contribution is -0.149. The zero-order valence-electron chi connectivity index (χ0n) is 10.6. The maximum absolute atomic E-state index is 11.3. The number of halogens is 1. The van der Waals surface area contributed by atoms with Gasteiger partial charge in [0.25, 0.3) is 0 Å². The van der Waals surface area contributed by atoms with Crippen LogP contribution in [0.15, 0.2) is 22.7 Å². The molecule has 2 N–H and O–H groups in total. The summed E-state index contributed by atoms with van der Waals surface area (Å²) >= 11 is 3.40. The number of hydrogen-bond acceptors (Lipinski definition) is 4. The molecule has 0 heterocycles. The van der Waals surface area contributed by atoms with Crippen LogP contribution in [0, 0.1) is 0 Å². The number of carbonyl (C=O) groups is 1. The summed E-state index contributed by atoms with van der Waals surface area (Å²) in [6.07, 6.45) is 0.685. The summed E-state index contributed by atoms with van der Waals surface area (Å²) in [5.74, 6) is 0.249. The van der Waals surface area contributed by atoms with E-state index < -0.39 is 0 Å². The molecule has 0 saturated heterocycles. The Morgan fingerprint density at radius 2 is 2.17 bits per heavy atom. The number of nitrogens with two attached hydrogens (primary N) is 1. The first-order valence-electron chi connectivity index (χ1n) is 5.83. The van der Waals surface area contributed by atoms with Gasteiger partial charge in [-0.15, -0.1) is 0 Å². The van der Waals surface area contributed by atoms with Crippen molar-refractivity contribution in [3.8, 4) is 5.75 Å². The lowest BCUT2D eigenvalue weighted by Crippen LogP contribution is -2.18. The average molecular weight is 316 g/mol. The van der Waals surface area contributed by atoms with Crippen LogP contribution in [0.5, 0.6) is 5.75 Å². The molecule has 0 aliphatic rings. The highest BCUT2D eigenvalue weighted by Gasteiger charge is 2.08. The maximum Gasteiger partial charge on any atom is 0.344 e. The third-order valence-corrected chi connectivity index (χ3v) is 2.76. The Kier molecular flexibility index (Phi) is 6.15. The Bertz CT molecular complexity index is 407. The number of carbonyl (C=O) groups excluding carboxylic acids is 1. The van der Waals surface area contributed by atoms with Crippen molar-refractivity contribution in [1.82, 2.24) is 0 Å². The van der Waals surface area contributed by atoms with Crippen LogP contribution >= 0.6 is 15.9 Å². The normalized spacial score (nSPS) is 10.5. The van der Waals surface area contributed by atoms with Crippen molar-refractivity contribution in [3.63, 3.8) is 0 Å². The van der Waals surface area contributed by atoms with Gasteiger partial charge in [-0.2, -0.15) is 0 Å². The molecule has 0 atom stereocenters. The zero-order chi connectivity index (χ0) is 13.5. The molecule has 5 heteroatoms. The highest BCUT2D eigenvalue weighted by molar-refractivity contribution is 9.10. The van der Waals surface area contributed by atoms with E-state index >= 15 is 0 Å². The van der Waals surface area contributed by atoms with Crippen molar-refractivity contribution >= 4 is 21.9 Å². The van der Waals surface area contributed by atoms with Crippen LogP contribution in [-0.4, -0.2) is 25.2 Å². The molecule has 0 amide bonds. The van der Waals surface area contributed by atoms with Crippen molar-refractivity contribution in [2.45, 2.75) is 26.4 Å². The number of hydrogen-bond donors (Lipinski definition) is 1. The molecule has 1 aromatic carbocycles. The summed E-state index contributed by atoms with van der Waals surface area (Å²) < 4.78 is 11.2. The molecule has 100 valence electrons. The molecule has 0 bridgehead atoms. The first-order valence-corrected chi connectivity index (χ1v) is 6.63. The fraction of sp³-hybridized carbons (Fsp3) is 0.462. The van der Waals surface area contributed by atoms with Crippen LogP contribution in [0.3, 0.4) is 0 Å². The maximum atomic E-state index is 11.3. The first-order chi connectivity index (χ1) is 8.52. The molecule has 0 aliphatic heterocycles. The minimum Gasteiger partial charge on any atom is -0.481 e. The Morgan fingerprint density at radius 3 is 2.72 bits per heavy atom. The van der Waals surface area contributed by atoms with Crippen LogP contribution < -0.4 is 10.5 Å². The second kappa shape index (κ2) is 7.38. The summed E-state index contributed by atoms with van der Waals surface area (Å²) in [4.78, 5) is 11.3. The molecule has 0 radical (unpaired) electrons. The van der Waals surface area contributed by atoms with E-state index in [0.29, 0.717) is 12.3 Å². The number of ether oxygens (including phenoxy) is 2. The monoisotopic (exact) mass is 315 g/mol. The largest absolute Gasteiger partial charge is 0.481 e. The molecule has 1 aromatic rings. The van der Waals surface area contributed by atoms with Gasteiger partial charge < -0.3 is 15.2 Å². The molecule has 0 fully saturated rings. The minimum atomic E-state index is -0.372. The van der Waals surface area contributed by atoms with Crippen LogP contribution in [0.4, 0.5) is 0 Å². The smallest absolute Gasteiger partial charge is 0.344 e. The van der Waals surface area contributed by atoms with Crippen molar-refractivity contribution in [2.24, 2.45) is 5.73 Å². The van der Waals surface area contributed by atoms with Crippen molar-refractivity contribution in [1.29, 1.82) is 0 Å². The lowest BCUT2D eigenvalue weighted by Gasteiger charge is -2.11. The fourth-order valence-corrected chi connectivity index (χ4v) is 1.96. The Hall–Kier alpha value is -1.07. The lowest BCUT2D eigenvalue weighted by atomic mass is 10.1. The summed E-state index contributed by atoms with van der Waals surface area (Å²) in [6, 6.07) is 5.69. The zero-order valence-corrected chi connectivity index (χ0v) is 12.2. The summed E-state index contributed by atoms with van der Waals surface area (Å²) in [7, 11) is 0. The molecule has 0 aliphatic carbocycles. The van der Waals surface area contributed by atoms with Crippen LogP contribution in [0.25, 0.3) is 0 Å². The van der Waals surface area contributed by atoms with Crippen LogP contribution in [0.2, 0.25) is 0 Å². The number of esters is 1. The van der Waals surface area contributed by atoms with Gasteiger partial charge in [-0.3, -0.25) is 0 Å². The Balaban J connectivity index is 2.55. The van der Waals surface area contributed by atoms with Crippen molar-refractivity contribution in [3.05, 3.63) is 28.2 Å². The van der Waals surface area contributed by atoms with E-state index in [1.54, 1.807) is 13.8 Å². The molecular formula is C13H18BrNO3. The molecule has 0 spiro atoms. The van der Waals surface area contributed by atoms with E-state index in [9.17, 15) is 4.79 Å². The number of rotatable bonds is 6. The molecule has 0 aromatic heterocycles. The molecule has 1 rings (SSSR count). The highest BCUT2D eigenvalue weighted by atomic mass is 79.9. The number of benzene rings is 1. The van der Waals surface area contributed by atoms with E-state index in [1.165, 1.54) is 0 Å². The van der Waals surface area contributed by atoms with E-state index in [2.05, 4.69) is 15.9 Å². The average Bonchev–Trinajstić information content (AvgIpc) is 2.27. The quantitative estimate of drug-likeness (QED) is 0.818. The summed E-state index contributed by atoms with van der Waals surface area (Å²) in [5, 5.41) is 0. The summed E-state index contributed by atoms with van der Waals surface area (Å²) in [6.45, 7) is 4.12. The van der Waals surface area contributed by atoms with Gasteiger partial charge in [0.2, 0.25) is 0 Å². The topological polar surface area (TPSA) is 61.5 Å². The van der Waals surface area contributed by atoms with Gasteiger partial charge in [0, 0.05) is 0 Å². The van der Waals surface area contributed by atoms with E-state index in [1.807, 2.05) is 18.2 Å². The molecule has 4 nitrogen and oxygen atoms in total. The molecule has 0 saturated carbocycles. The standard InChI is InChI=1S/C13H18BrNO3/c1-9(2)18-13(16)8-17-12-4-3-10(5-6-15)7-11(12)14/h3-4,7,9H,5-6,8,15H2,1-2H3. The van der Waals surface area contributed by atoms with Gasteiger partial charge in [0.15, 0.2) is 6.61 Å². The SMILES string of the molecule is CC(C)OC(=O)COc1ccc(CCN)cc1Br. The second-order valence-electron chi connectivity index (χ2n) is 4.13. The minimum absolute atomic E-state index is 0.0903. The van der Waals surface area contributed by atoms with Crippen molar-refractivity contribution in [2.75, 3.05) is 13.2 Å². The second-order valence-corrected chi connectivity index (χ2v) is 4.99. The Labute approximate surface area is 116 Å². The third kappa shape index (κ3) is 5.06. The van der Waals surface area contributed by atoms with Gasteiger partial charge in [-0.25, -0.2) is 4.79 Å². The van der Waals surface area contributed by atoms with E-state index in [-0.39, 0.29) is 18.7 Å². The van der Waals surface area contributed by atoms with E-state index in [4.69, 9.17) is 15.2 Å². The fourth-order valence-electron chi connectivity index (χ4n) is 1.42. The highest BCUT2D eigenvalue weighted by Crippen LogP contribution is 2.26. The van der Waals surface area contributed by atoms with Gasteiger partial charge in [0.05, 0.1) is 10.6 Å². The molecule has 18 heavy (non-hydrogen) atoms. The predicted molar refractivity (Wildman–Crippen MR) is 73.6 cm³/mol. The molecular weight excluding hydrogens is 298 g/mol. The van der Waals surface area contributed by atoms with Crippen molar-refractivity contribution < 1.29 is 14.3 Å². The van der Waals surface area contributed by atoms with E-state index in [0.717, 1.165) is 16.5 Å². The van der Waals surface area contributed by atoms with Gasteiger partial charge in [0.1, 0.15) is 5.75 Å². The van der Waals surface area contributed by atoms with Crippen LogP contribution in [0.1, 0.15) is 19.4 Å². The Morgan fingerprint density at radius 1 is 1.44 bits per heavy atom. The van der Waals surface area contributed by atoms with Gasteiger partial charge >= 0.3 is 5.97 Å². The predicted octanol–water partition coefficient (Wildman–Crippen LogP) is 2.28. The molecule has 0 unspecified atom stereocenters.